The molecule has 4 atom stereocenters. The molecule has 1 aromatic carbocycles. The van der Waals surface area contributed by atoms with Crippen molar-refractivity contribution in [2.75, 3.05) is 19.8 Å². The zero-order valence-electron chi connectivity index (χ0n) is 19.9. The van der Waals surface area contributed by atoms with Crippen molar-refractivity contribution in [2.45, 2.75) is 71.3 Å². The second-order valence-electron chi connectivity index (χ2n) is 9.37. The van der Waals surface area contributed by atoms with Gasteiger partial charge in [0.05, 0.1) is 25.9 Å². The van der Waals surface area contributed by atoms with Crippen molar-refractivity contribution in [3.05, 3.63) is 48.0 Å². The number of hydrogen-bond donors (Lipinski definition) is 1. The van der Waals surface area contributed by atoms with Gasteiger partial charge in [-0.15, -0.1) is 6.58 Å². The van der Waals surface area contributed by atoms with Crippen LogP contribution in [-0.2, 0) is 30.2 Å². The molecule has 0 aromatic heterocycles. The lowest BCUT2D eigenvalue weighted by molar-refractivity contribution is -0.160. The number of nitrogens with one attached hydrogen (secondary N) is 1. The highest BCUT2D eigenvalue weighted by Gasteiger charge is 2.36. The Morgan fingerprint density at radius 3 is 2.53 bits per heavy atom. The maximum absolute atomic E-state index is 12.8. The van der Waals surface area contributed by atoms with E-state index >= 15 is 0 Å². The summed E-state index contributed by atoms with van der Waals surface area (Å²) in [4.78, 5) is 25.0. The first-order valence-corrected chi connectivity index (χ1v) is 11.1. The lowest BCUT2D eigenvalue weighted by atomic mass is 9.91. The maximum atomic E-state index is 12.8. The van der Waals surface area contributed by atoms with Gasteiger partial charge in [0.2, 0.25) is 0 Å². The van der Waals surface area contributed by atoms with Crippen molar-refractivity contribution in [1.29, 1.82) is 0 Å². The number of ether oxygens (including phenoxy) is 4. The third-order valence-electron chi connectivity index (χ3n) is 5.00. The number of carbonyl (C=O) groups is 2. The lowest BCUT2D eigenvalue weighted by Crippen LogP contribution is -2.47. The second kappa shape index (κ2) is 12.0. The van der Waals surface area contributed by atoms with Crippen molar-refractivity contribution in [3.8, 4) is 0 Å². The van der Waals surface area contributed by atoms with E-state index in [4.69, 9.17) is 18.9 Å². The Labute approximate surface area is 191 Å². The van der Waals surface area contributed by atoms with Gasteiger partial charge in [0.15, 0.2) is 6.04 Å². The van der Waals surface area contributed by atoms with Gasteiger partial charge in [0.25, 0.3) is 0 Å². The largest absolute Gasteiger partial charge is 0.458 e. The first kappa shape index (κ1) is 25.9. The van der Waals surface area contributed by atoms with E-state index < -0.39 is 29.8 Å². The minimum absolute atomic E-state index is 0.00539. The van der Waals surface area contributed by atoms with E-state index in [2.05, 4.69) is 24.0 Å². The fourth-order valence-corrected chi connectivity index (χ4v) is 3.50. The zero-order valence-corrected chi connectivity index (χ0v) is 19.9. The Morgan fingerprint density at radius 2 is 1.91 bits per heavy atom. The summed E-state index contributed by atoms with van der Waals surface area (Å²) in [6.45, 7) is 13.8. The minimum atomic E-state index is -0.959. The summed E-state index contributed by atoms with van der Waals surface area (Å²) in [5.74, 6) is -0.609. The summed E-state index contributed by atoms with van der Waals surface area (Å²) >= 11 is 0. The summed E-state index contributed by atoms with van der Waals surface area (Å²) in [7, 11) is 0. The fourth-order valence-electron chi connectivity index (χ4n) is 3.50. The van der Waals surface area contributed by atoms with E-state index in [0.29, 0.717) is 19.6 Å². The molecule has 7 heteroatoms. The number of carbonyl (C=O) groups excluding carboxylic acids is 2. The topological polar surface area (TPSA) is 83.1 Å². The molecular formula is C25H37NO6. The van der Waals surface area contributed by atoms with Crippen LogP contribution in [0.5, 0.6) is 0 Å². The van der Waals surface area contributed by atoms with Crippen LogP contribution in [0.3, 0.4) is 0 Å². The highest BCUT2D eigenvalue weighted by molar-refractivity contribution is 5.81. The number of benzene rings is 1. The van der Waals surface area contributed by atoms with Crippen LogP contribution in [0.1, 0.15) is 46.6 Å². The number of esters is 1. The summed E-state index contributed by atoms with van der Waals surface area (Å²) in [5.41, 5.74) is 1.50. The molecule has 1 aromatic rings. The van der Waals surface area contributed by atoms with Gasteiger partial charge in [-0.1, -0.05) is 35.9 Å². The molecule has 0 bridgehead atoms. The Bertz CT molecular complexity index is 757. The predicted octanol–water partition coefficient (Wildman–Crippen LogP) is 4.05. The van der Waals surface area contributed by atoms with Crippen molar-refractivity contribution in [3.63, 3.8) is 0 Å². The molecule has 1 aliphatic rings. The molecule has 1 aliphatic heterocycles. The number of hydrogen-bond acceptors (Lipinski definition) is 6. The molecule has 1 N–H and O–H groups in total. The average Bonchev–Trinajstić information content (AvgIpc) is 2.72. The predicted molar refractivity (Wildman–Crippen MR) is 122 cm³/mol. The first-order valence-electron chi connectivity index (χ1n) is 11.1. The molecule has 1 heterocycles. The van der Waals surface area contributed by atoms with Crippen LogP contribution in [0, 0.1) is 5.92 Å². The Hall–Kier alpha value is -2.38. The normalized spacial score (nSPS) is 24.5. The number of alkyl carbamates (subject to hydrolysis) is 1. The Kier molecular flexibility index (Phi) is 9.72. The molecule has 7 nitrogen and oxygen atoms in total. The Balaban J connectivity index is 2.15. The van der Waals surface area contributed by atoms with Gasteiger partial charge >= 0.3 is 12.1 Å². The molecule has 0 spiro atoms. The molecule has 1 fully saturated rings. The van der Waals surface area contributed by atoms with Gasteiger partial charge in [-0.2, -0.15) is 0 Å². The van der Waals surface area contributed by atoms with Crippen LogP contribution in [0.2, 0.25) is 0 Å². The highest BCUT2D eigenvalue weighted by atomic mass is 16.6. The molecule has 32 heavy (non-hydrogen) atoms. The molecule has 1 amide bonds. The average molecular weight is 448 g/mol. The summed E-state index contributed by atoms with van der Waals surface area (Å²) in [6.07, 6.45) is -0.140. The van der Waals surface area contributed by atoms with Gasteiger partial charge in [0, 0.05) is 5.92 Å². The molecule has 0 radical (unpaired) electrons. The molecule has 178 valence electrons. The van der Waals surface area contributed by atoms with E-state index in [1.165, 1.54) is 0 Å². The van der Waals surface area contributed by atoms with Crippen LogP contribution >= 0.6 is 0 Å². The van der Waals surface area contributed by atoms with E-state index in [-0.39, 0.29) is 18.6 Å². The third-order valence-corrected chi connectivity index (χ3v) is 5.00. The van der Waals surface area contributed by atoms with Crippen molar-refractivity contribution in [1.82, 2.24) is 5.32 Å². The quantitative estimate of drug-likeness (QED) is 0.502. The first-order chi connectivity index (χ1) is 15.0. The van der Waals surface area contributed by atoms with Gasteiger partial charge in [-0.25, -0.2) is 9.59 Å². The fraction of sp³-hybridized carbons (Fsp3) is 0.600. The minimum Gasteiger partial charge on any atom is -0.458 e. The van der Waals surface area contributed by atoms with Gasteiger partial charge in [0.1, 0.15) is 11.7 Å². The van der Waals surface area contributed by atoms with Gasteiger partial charge in [-0.3, -0.25) is 0 Å². The number of cyclic esters (lactones) is 1. The second-order valence-corrected chi connectivity index (χ2v) is 9.37. The standard InChI is InChI=1S/C25H37NO6/c1-17(2)12-13-30-22-18(3)31-23(27)21(26-24(28)32-25(4,5)6)16-29-15-20(22)14-19-10-8-7-9-11-19/h7-11,18,20-22H,1,12-16H2,2-6H3,(H,26,28). The SMILES string of the molecule is C=C(C)CCOC1C(Cc2ccccc2)COCC(NC(=O)OC(C)(C)C)C(=O)OC1C. The maximum Gasteiger partial charge on any atom is 0.408 e. The molecule has 2 rings (SSSR count). The smallest absolute Gasteiger partial charge is 0.408 e. The monoisotopic (exact) mass is 447 g/mol. The van der Waals surface area contributed by atoms with E-state index in [9.17, 15) is 9.59 Å². The number of amides is 1. The number of rotatable bonds is 7. The van der Waals surface area contributed by atoms with Gasteiger partial charge in [-0.05, 0) is 53.0 Å². The van der Waals surface area contributed by atoms with E-state index in [1.807, 2.05) is 32.0 Å². The van der Waals surface area contributed by atoms with Gasteiger partial charge < -0.3 is 24.3 Å². The van der Waals surface area contributed by atoms with Crippen molar-refractivity contribution >= 4 is 12.1 Å². The van der Waals surface area contributed by atoms with Crippen LogP contribution in [0.25, 0.3) is 0 Å². The van der Waals surface area contributed by atoms with E-state index in [1.54, 1.807) is 20.8 Å². The van der Waals surface area contributed by atoms with Crippen LogP contribution in [0.4, 0.5) is 4.79 Å². The molecule has 1 saturated heterocycles. The molecule has 4 unspecified atom stereocenters. The van der Waals surface area contributed by atoms with E-state index in [0.717, 1.165) is 17.6 Å². The van der Waals surface area contributed by atoms with Crippen molar-refractivity contribution in [2.24, 2.45) is 5.92 Å². The molecule has 0 saturated carbocycles. The molecule has 0 aliphatic carbocycles. The van der Waals surface area contributed by atoms with Crippen LogP contribution in [-0.4, -0.2) is 55.7 Å². The Morgan fingerprint density at radius 1 is 1.22 bits per heavy atom. The third kappa shape index (κ3) is 9.01. The van der Waals surface area contributed by atoms with Crippen molar-refractivity contribution < 1.29 is 28.5 Å². The molecular weight excluding hydrogens is 410 g/mol. The summed E-state index contributed by atoms with van der Waals surface area (Å²) < 4.78 is 23.1. The summed E-state index contributed by atoms with van der Waals surface area (Å²) in [5, 5.41) is 2.57. The zero-order chi connectivity index (χ0) is 23.7. The lowest BCUT2D eigenvalue weighted by Gasteiger charge is -2.31. The van der Waals surface area contributed by atoms with Crippen LogP contribution < -0.4 is 5.32 Å². The van der Waals surface area contributed by atoms with Crippen LogP contribution in [0.15, 0.2) is 42.5 Å². The highest BCUT2D eigenvalue weighted by Crippen LogP contribution is 2.23. The summed E-state index contributed by atoms with van der Waals surface area (Å²) in [6, 6.07) is 9.11.